The van der Waals surface area contributed by atoms with Crippen molar-refractivity contribution in [2.45, 2.75) is 32.2 Å². The Labute approximate surface area is 116 Å². The Morgan fingerprint density at radius 3 is 2.74 bits per heavy atom. The number of ether oxygens (including phenoxy) is 1. The Morgan fingerprint density at radius 2 is 1.95 bits per heavy atom. The Hall–Kier alpha value is -1.32. The van der Waals surface area contributed by atoms with E-state index in [2.05, 4.69) is 18.0 Å². The second-order valence-corrected chi connectivity index (χ2v) is 4.52. The topological polar surface area (TPSA) is 41.5 Å². The molecule has 3 nitrogen and oxygen atoms in total. The zero-order valence-corrected chi connectivity index (χ0v) is 11.6. The van der Waals surface area contributed by atoms with Crippen LogP contribution in [0.1, 0.15) is 31.2 Å². The Morgan fingerprint density at radius 1 is 1.16 bits per heavy atom. The third kappa shape index (κ3) is 6.99. The van der Waals surface area contributed by atoms with Crippen LogP contribution in [0.5, 0.6) is 5.75 Å². The van der Waals surface area contributed by atoms with Crippen LogP contribution >= 0.6 is 0 Å². The maximum absolute atomic E-state index is 8.68. The van der Waals surface area contributed by atoms with Crippen molar-refractivity contribution in [3.63, 3.8) is 0 Å². The Kier molecular flexibility index (Phi) is 8.77. The highest BCUT2D eigenvalue weighted by Gasteiger charge is 2.01. The Balaban J connectivity index is 2.22. The van der Waals surface area contributed by atoms with Crippen molar-refractivity contribution in [3.8, 4) is 5.75 Å². The van der Waals surface area contributed by atoms with Crippen LogP contribution in [0.3, 0.4) is 0 Å². The van der Waals surface area contributed by atoms with Gasteiger partial charge in [0, 0.05) is 18.7 Å². The number of hydrogen-bond donors (Lipinski definition) is 2. The van der Waals surface area contributed by atoms with Crippen LogP contribution in [-0.2, 0) is 6.54 Å². The molecule has 0 saturated carbocycles. The molecule has 0 heterocycles. The van der Waals surface area contributed by atoms with E-state index in [-0.39, 0.29) is 0 Å². The number of aliphatic hydroxyl groups excluding tert-OH is 1. The molecule has 0 aliphatic heterocycles. The van der Waals surface area contributed by atoms with E-state index in [1.54, 1.807) is 6.08 Å². The molecule has 1 aromatic carbocycles. The summed E-state index contributed by atoms with van der Waals surface area (Å²) in [5.74, 6) is 0.926. The standard InChI is InChI=1S/C16H25NO2/c1-2-13-19-16-10-6-5-9-15(16)14-17-11-7-3-4-8-12-18/h2,5-6,9-10,17-18H,1,3-4,7-8,11-14H2. The second kappa shape index (κ2) is 10.6. The van der Waals surface area contributed by atoms with Crippen LogP contribution in [0.2, 0.25) is 0 Å². The smallest absolute Gasteiger partial charge is 0.124 e. The molecule has 0 aromatic heterocycles. The molecule has 106 valence electrons. The summed E-state index contributed by atoms with van der Waals surface area (Å²) in [4.78, 5) is 0. The predicted molar refractivity (Wildman–Crippen MR) is 79.4 cm³/mol. The van der Waals surface area contributed by atoms with Gasteiger partial charge in [-0.25, -0.2) is 0 Å². The minimum atomic E-state index is 0.307. The van der Waals surface area contributed by atoms with Crippen molar-refractivity contribution in [1.29, 1.82) is 0 Å². The fraction of sp³-hybridized carbons (Fsp3) is 0.500. The molecule has 3 heteroatoms. The van der Waals surface area contributed by atoms with E-state index in [9.17, 15) is 0 Å². The summed E-state index contributed by atoms with van der Waals surface area (Å²) >= 11 is 0. The number of benzene rings is 1. The van der Waals surface area contributed by atoms with Gasteiger partial charge in [-0.2, -0.15) is 0 Å². The van der Waals surface area contributed by atoms with Gasteiger partial charge >= 0.3 is 0 Å². The Bertz CT molecular complexity index is 352. The van der Waals surface area contributed by atoms with Gasteiger partial charge in [0.2, 0.25) is 0 Å². The highest BCUT2D eigenvalue weighted by molar-refractivity contribution is 5.33. The normalized spacial score (nSPS) is 10.4. The molecule has 2 N–H and O–H groups in total. The van der Waals surface area contributed by atoms with E-state index in [1.807, 2.05) is 18.2 Å². The van der Waals surface area contributed by atoms with Gasteiger partial charge in [0.25, 0.3) is 0 Å². The van der Waals surface area contributed by atoms with Gasteiger partial charge in [0.05, 0.1) is 0 Å². The number of unbranched alkanes of at least 4 members (excludes halogenated alkanes) is 3. The third-order valence-corrected chi connectivity index (χ3v) is 2.91. The first-order chi connectivity index (χ1) is 9.38. The second-order valence-electron chi connectivity index (χ2n) is 4.52. The summed E-state index contributed by atoms with van der Waals surface area (Å²) < 4.78 is 5.61. The molecule has 0 atom stereocenters. The van der Waals surface area contributed by atoms with E-state index >= 15 is 0 Å². The maximum atomic E-state index is 8.68. The lowest BCUT2D eigenvalue weighted by Gasteiger charge is -2.11. The average Bonchev–Trinajstić information content (AvgIpc) is 2.45. The highest BCUT2D eigenvalue weighted by atomic mass is 16.5. The first-order valence-electron chi connectivity index (χ1n) is 7.01. The molecule has 1 aromatic rings. The van der Waals surface area contributed by atoms with Crippen LogP contribution in [0.4, 0.5) is 0 Å². The molecular formula is C16H25NO2. The number of para-hydroxylation sites is 1. The van der Waals surface area contributed by atoms with E-state index in [1.165, 1.54) is 12.0 Å². The van der Waals surface area contributed by atoms with Gasteiger partial charge in [-0.05, 0) is 25.5 Å². The first kappa shape index (κ1) is 15.7. The van der Waals surface area contributed by atoms with Crippen molar-refractivity contribution < 1.29 is 9.84 Å². The highest BCUT2D eigenvalue weighted by Crippen LogP contribution is 2.17. The van der Waals surface area contributed by atoms with Crippen LogP contribution in [0, 0.1) is 0 Å². The summed E-state index contributed by atoms with van der Waals surface area (Å²) in [5, 5.41) is 12.1. The maximum Gasteiger partial charge on any atom is 0.124 e. The molecular weight excluding hydrogens is 238 g/mol. The van der Waals surface area contributed by atoms with Gasteiger partial charge in [0.15, 0.2) is 0 Å². The van der Waals surface area contributed by atoms with Crippen LogP contribution in [0.25, 0.3) is 0 Å². The van der Waals surface area contributed by atoms with E-state index in [0.717, 1.165) is 38.1 Å². The fourth-order valence-electron chi connectivity index (χ4n) is 1.88. The summed E-state index contributed by atoms with van der Waals surface area (Å²) in [6.07, 6.45) is 6.10. The summed E-state index contributed by atoms with van der Waals surface area (Å²) in [7, 11) is 0. The van der Waals surface area contributed by atoms with Crippen molar-refractivity contribution in [3.05, 3.63) is 42.5 Å². The summed E-state index contributed by atoms with van der Waals surface area (Å²) in [6, 6.07) is 8.08. The lowest BCUT2D eigenvalue weighted by atomic mass is 10.2. The zero-order valence-electron chi connectivity index (χ0n) is 11.6. The molecule has 0 saturated heterocycles. The fourth-order valence-corrected chi connectivity index (χ4v) is 1.88. The van der Waals surface area contributed by atoms with Gasteiger partial charge in [-0.1, -0.05) is 43.7 Å². The van der Waals surface area contributed by atoms with Gasteiger partial charge in [-0.15, -0.1) is 0 Å². The molecule has 0 radical (unpaired) electrons. The molecule has 1 rings (SSSR count). The summed E-state index contributed by atoms with van der Waals surface area (Å²) in [6.45, 7) is 6.33. The van der Waals surface area contributed by atoms with Crippen LogP contribution in [0.15, 0.2) is 36.9 Å². The number of rotatable bonds is 11. The molecule has 0 spiro atoms. The number of nitrogens with one attached hydrogen (secondary N) is 1. The van der Waals surface area contributed by atoms with Gasteiger partial charge < -0.3 is 15.2 Å². The van der Waals surface area contributed by atoms with Gasteiger partial charge in [-0.3, -0.25) is 0 Å². The molecule has 0 fully saturated rings. The predicted octanol–water partition coefficient (Wildman–Crippen LogP) is 2.89. The van der Waals surface area contributed by atoms with E-state index in [4.69, 9.17) is 9.84 Å². The molecule has 0 unspecified atom stereocenters. The number of hydrogen-bond acceptors (Lipinski definition) is 3. The van der Waals surface area contributed by atoms with E-state index in [0.29, 0.717) is 13.2 Å². The van der Waals surface area contributed by atoms with Crippen molar-refractivity contribution in [1.82, 2.24) is 5.32 Å². The van der Waals surface area contributed by atoms with Crippen LogP contribution in [-0.4, -0.2) is 24.9 Å². The average molecular weight is 263 g/mol. The largest absolute Gasteiger partial charge is 0.489 e. The number of aliphatic hydroxyl groups is 1. The zero-order chi connectivity index (χ0) is 13.8. The monoisotopic (exact) mass is 263 g/mol. The molecule has 0 aliphatic rings. The third-order valence-electron chi connectivity index (χ3n) is 2.91. The molecule has 0 aliphatic carbocycles. The lowest BCUT2D eigenvalue weighted by molar-refractivity contribution is 0.282. The van der Waals surface area contributed by atoms with Crippen molar-refractivity contribution in [2.75, 3.05) is 19.8 Å². The summed E-state index contributed by atoms with van der Waals surface area (Å²) in [5.41, 5.74) is 1.18. The lowest BCUT2D eigenvalue weighted by Crippen LogP contribution is -2.15. The van der Waals surface area contributed by atoms with Crippen molar-refractivity contribution in [2.24, 2.45) is 0 Å². The molecule has 0 bridgehead atoms. The van der Waals surface area contributed by atoms with Gasteiger partial charge in [0.1, 0.15) is 12.4 Å². The SMILES string of the molecule is C=CCOc1ccccc1CNCCCCCCO. The van der Waals surface area contributed by atoms with Crippen molar-refractivity contribution >= 4 is 0 Å². The molecule has 19 heavy (non-hydrogen) atoms. The minimum absolute atomic E-state index is 0.307. The molecule has 0 amide bonds. The van der Waals surface area contributed by atoms with E-state index < -0.39 is 0 Å². The first-order valence-corrected chi connectivity index (χ1v) is 7.01. The quantitative estimate of drug-likeness (QED) is 0.476. The van der Waals surface area contributed by atoms with Crippen LogP contribution < -0.4 is 10.1 Å². The minimum Gasteiger partial charge on any atom is -0.489 e.